The molecule has 0 fully saturated rings. The third kappa shape index (κ3) is 3.88. The van der Waals surface area contributed by atoms with Crippen molar-refractivity contribution in [3.63, 3.8) is 0 Å². The molecule has 1 aromatic heterocycles. The fourth-order valence-corrected chi connectivity index (χ4v) is 4.00. The molecule has 29 heavy (non-hydrogen) atoms. The number of hydrogen-bond acceptors (Lipinski definition) is 6. The SMILES string of the molecule is COc1ccccc1C(=O)COC(=O)c1ccccc1-c1nc2ccccc2s1. The Morgan fingerprint density at radius 1 is 0.897 bits per heavy atom. The second kappa shape index (κ2) is 8.24. The summed E-state index contributed by atoms with van der Waals surface area (Å²) in [6.45, 7) is -0.368. The Kier molecular flexibility index (Phi) is 5.35. The number of thiazole rings is 1. The first-order valence-corrected chi connectivity index (χ1v) is 9.77. The molecule has 0 amide bonds. The summed E-state index contributed by atoms with van der Waals surface area (Å²) in [5.41, 5.74) is 2.31. The van der Waals surface area contributed by atoms with Crippen LogP contribution in [0.5, 0.6) is 5.75 Å². The van der Waals surface area contributed by atoms with Gasteiger partial charge in [-0.1, -0.05) is 42.5 Å². The fraction of sp³-hybridized carbons (Fsp3) is 0.0870. The monoisotopic (exact) mass is 403 g/mol. The molecule has 5 nitrogen and oxygen atoms in total. The largest absolute Gasteiger partial charge is 0.496 e. The zero-order valence-electron chi connectivity index (χ0n) is 15.6. The first-order valence-electron chi connectivity index (χ1n) is 8.95. The van der Waals surface area contributed by atoms with Crippen LogP contribution in [0.3, 0.4) is 0 Å². The van der Waals surface area contributed by atoms with Gasteiger partial charge in [-0.3, -0.25) is 4.79 Å². The van der Waals surface area contributed by atoms with Crippen LogP contribution in [0.4, 0.5) is 0 Å². The van der Waals surface area contributed by atoms with Gasteiger partial charge in [-0.05, 0) is 30.3 Å². The van der Waals surface area contributed by atoms with E-state index in [4.69, 9.17) is 9.47 Å². The first kappa shape index (κ1) is 18.8. The number of Topliss-reactive ketones (excluding diaryl/α,β-unsaturated/α-hetero) is 1. The van der Waals surface area contributed by atoms with E-state index in [0.29, 0.717) is 22.4 Å². The molecular formula is C23H17NO4S. The lowest BCUT2D eigenvalue weighted by Crippen LogP contribution is -2.15. The predicted octanol–water partition coefficient (Wildman–Crippen LogP) is 5.01. The Labute approximate surface area is 171 Å². The van der Waals surface area contributed by atoms with Crippen LogP contribution in [0.2, 0.25) is 0 Å². The van der Waals surface area contributed by atoms with Crippen molar-refractivity contribution in [2.45, 2.75) is 0 Å². The number of ketones is 1. The lowest BCUT2D eigenvalue weighted by atomic mass is 10.1. The highest BCUT2D eigenvalue weighted by molar-refractivity contribution is 7.21. The van der Waals surface area contributed by atoms with Gasteiger partial charge in [0.2, 0.25) is 5.78 Å². The molecular weight excluding hydrogens is 386 g/mol. The number of esters is 1. The highest BCUT2D eigenvalue weighted by Crippen LogP contribution is 2.32. The molecule has 4 rings (SSSR count). The normalized spacial score (nSPS) is 10.7. The molecule has 0 atom stereocenters. The van der Waals surface area contributed by atoms with Crippen molar-refractivity contribution in [2.75, 3.05) is 13.7 Å². The quantitative estimate of drug-likeness (QED) is 0.334. The Balaban J connectivity index is 1.56. The third-order valence-corrected chi connectivity index (χ3v) is 5.48. The number of methoxy groups -OCH3 is 1. The van der Waals surface area contributed by atoms with Gasteiger partial charge in [0, 0.05) is 5.56 Å². The summed E-state index contributed by atoms with van der Waals surface area (Å²) < 4.78 is 11.5. The number of nitrogens with zero attached hydrogens (tertiary/aromatic N) is 1. The van der Waals surface area contributed by atoms with Crippen LogP contribution in [0.15, 0.2) is 72.8 Å². The van der Waals surface area contributed by atoms with Crippen LogP contribution in [-0.2, 0) is 4.74 Å². The molecule has 0 unspecified atom stereocenters. The number of fused-ring (bicyclic) bond motifs is 1. The van der Waals surface area contributed by atoms with E-state index in [1.807, 2.05) is 36.4 Å². The van der Waals surface area contributed by atoms with Crippen LogP contribution < -0.4 is 4.74 Å². The van der Waals surface area contributed by atoms with Crippen LogP contribution in [0.1, 0.15) is 20.7 Å². The number of para-hydroxylation sites is 2. The highest BCUT2D eigenvalue weighted by atomic mass is 32.1. The van der Waals surface area contributed by atoms with Gasteiger partial charge in [0.1, 0.15) is 10.8 Å². The molecule has 1 heterocycles. The smallest absolute Gasteiger partial charge is 0.339 e. The van der Waals surface area contributed by atoms with E-state index in [0.717, 1.165) is 15.2 Å². The second-order valence-electron chi connectivity index (χ2n) is 6.23. The molecule has 144 valence electrons. The van der Waals surface area contributed by atoms with Crippen molar-refractivity contribution >= 4 is 33.3 Å². The maximum absolute atomic E-state index is 12.7. The summed E-state index contributed by atoms with van der Waals surface area (Å²) in [6, 6.07) is 21.8. The van der Waals surface area contributed by atoms with E-state index in [-0.39, 0.29) is 12.4 Å². The van der Waals surface area contributed by atoms with Crippen molar-refractivity contribution in [3.8, 4) is 16.3 Å². The number of carbonyl (C=O) groups excluding carboxylic acids is 2. The third-order valence-electron chi connectivity index (χ3n) is 4.41. The molecule has 0 bridgehead atoms. The molecule has 3 aromatic carbocycles. The van der Waals surface area contributed by atoms with E-state index in [1.54, 1.807) is 36.4 Å². The number of benzene rings is 3. The van der Waals surface area contributed by atoms with E-state index in [1.165, 1.54) is 18.4 Å². The van der Waals surface area contributed by atoms with Gasteiger partial charge in [0.25, 0.3) is 0 Å². The van der Waals surface area contributed by atoms with Crippen molar-refractivity contribution in [1.82, 2.24) is 4.98 Å². The Morgan fingerprint density at radius 3 is 2.38 bits per heavy atom. The summed E-state index contributed by atoms with van der Waals surface area (Å²) in [5, 5.41) is 0.731. The minimum atomic E-state index is -0.567. The maximum atomic E-state index is 12.7. The lowest BCUT2D eigenvalue weighted by molar-refractivity contribution is 0.0474. The highest BCUT2D eigenvalue weighted by Gasteiger charge is 2.19. The van der Waals surface area contributed by atoms with Gasteiger partial charge in [-0.25, -0.2) is 9.78 Å². The van der Waals surface area contributed by atoms with Gasteiger partial charge in [-0.2, -0.15) is 0 Å². The molecule has 0 N–H and O–H groups in total. The summed E-state index contributed by atoms with van der Waals surface area (Å²) >= 11 is 1.51. The zero-order valence-corrected chi connectivity index (χ0v) is 16.4. The molecule has 0 aliphatic carbocycles. The minimum absolute atomic E-state index is 0.326. The van der Waals surface area contributed by atoms with Crippen molar-refractivity contribution in [3.05, 3.63) is 83.9 Å². The van der Waals surface area contributed by atoms with Gasteiger partial charge in [-0.15, -0.1) is 11.3 Å². The van der Waals surface area contributed by atoms with Crippen LogP contribution >= 0.6 is 11.3 Å². The number of hydrogen-bond donors (Lipinski definition) is 0. The fourth-order valence-electron chi connectivity index (χ4n) is 3.00. The van der Waals surface area contributed by atoms with Gasteiger partial charge in [0.15, 0.2) is 6.61 Å². The molecule has 0 aliphatic rings. The average Bonchev–Trinajstić information content (AvgIpc) is 3.21. The Hall–Kier alpha value is -3.51. The molecule has 0 spiro atoms. The second-order valence-corrected chi connectivity index (χ2v) is 7.26. The molecule has 0 radical (unpaired) electrons. The molecule has 6 heteroatoms. The molecule has 0 saturated heterocycles. The van der Waals surface area contributed by atoms with Gasteiger partial charge < -0.3 is 9.47 Å². The van der Waals surface area contributed by atoms with Gasteiger partial charge in [0.05, 0.1) is 28.5 Å². The number of aromatic nitrogens is 1. The van der Waals surface area contributed by atoms with Gasteiger partial charge >= 0.3 is 5.97 Å². The Morgan fingerprint density at radius 2 is 1.59 bits per heavy atom. The topological polar surface area (TPSA) is 65.5 Å². The lowest BCUT2D eigenvalue weighted by Gasteiger charge is -2.09. The van der Waals surface area contributed by atoms with E-state index in [2.05, 4.69) is 4.98 Å². The number of rotatable bonds is 6. The molecule has 0 aliphatic heterocycles. The predicted molar refractivity (Wildman–Crippen MR) is 113 cm³/mol. The first-order chi connectivity index (χ1) is 14.2. The van der Waals surface area contributed by atoms with Crippen LogP contribution in [0.25, 0.3) is 20.8 Å². The minimum Gasteiger partial charge on any atom is -0.496 e. The molecule has 4 aromatic rings. The number of carbonyl (C=O) groups is 2. The summed E-state index contributed by atoms with van der Waals surface area (Å²) in [7, 11) is 1.49. The summed E-state index contributed by atoms with van der Waals surface area (Å²) in [6.07, 6.45) is 0. The van der Waals surface area contributed by atoms with E-state index < -0.39 is 5.97 Å². The van der Waals surface area contributed by atoms with Crippen LogP contribution in [0, 0.1) is 0 Å². The zero-order chi connectivity index (χ0) is 20.2. The van der Waals surface area contributed by atoms with E-state index in [9.17, 15) is 9.59 Å². The maximum Gasteiger partial charge on any atom is 0.339 e. The van der Waals surface area contributed by atoms with E-state index >= 15 is 0 Å². The average molecular weight is 403 g/mol. The van der Waals surface area contributed by atoms with Crippen molar-refractivity contribution < 1.29 is 19.1 Å². The van der Waals surface area contributed by atoms with Crippen molar-refractivity contribution in [1.29, 1.82) is 0 Å². The number of ether oxygens (including phenoxy) is 2. The standard InChI is InChI=1S/C23H17NO4S/c1-27-20-12-6-4-10-17(20)19(25)14-28-23(26)16-9-3-2-8-15(16)22-24-18-11-5-7-13-21(18)29-22/h2-13H,14H2,1H3. The van der Waals surface area contributed by atoms with Crippen molar-refractivity contribution in [2.24, 2.45) is 0 Å². The summed E-state index contributed by atoms with van der Waals surface area (Å²) in [4.78, 5) is 29.8. The summed E-state index contributed by atoms with van der Waals surface area (Å²) in [5.74, 6) is -0.445. The van der Waals surface area contributed by atoms with Crippen LogP contribution in [-0.4, -0.2) is 30.5 Å². The Bertz CT molecular complexity index is 1170. The molecule has 0 saturated carbocycles.